The highest BCUT2D eigenvalue weighted by atomic mass is 79.9. The molecule has 0 unspecified atom stereocenters. The maximum Gasteiger partial charge on any atom is 0.323 e. The number of imidazole rings is 1. The van der Waals surface area contributed by atoms with E-state index in [1.165, 1.54) is 5.56 Å². The summed E-state index contributed by atoms with van der Waals surface area (Å²) in [4.78, 5) is 16.7. The molecule has 3 N–H and O–H groups in total. The van der Waals surface area contributed by atoms with E-state index in [0.29, 0.717) is 0 Å². The van der Waals surface area contributed by atoms with Gasteiger partial charge in [-0.2, -0.15) is 0 Å². The number of aromatic nitrogens is 2. The van der Waals surface area contributed by atoms with Crippen LogP contribution in [0, 0.1) is 0 Å². The summed E-state index contributed by atoms with van der Waals surface area (Å²) in [6.45, 7) is 0.736. The van der Waals surface area contributed by atoms with Crippen molar-refractivity contribution in [3.63, 3.8) is 0 Å². The average Bonchev–Trinajstić information content (AvgIpc) is 2.76. The smallest absolute Gasteiger partial charge is 0.323 e. The van der Waals surface area contributed by atoms with Gasteiger partial charge in [0.15, 0.2) is 0 Å². The van der Waals surface area contributed by atoms with Gasteiger partial charge in [0, 0.05) is 11.0 Å². The van der Waals surface area contributed by atoms with E-state index in [0.717, 1.165) is 27.7 Å². The molecule has 0 saturated heterocycles. The zero-order chi connectivity index (χ0) is 13.2. The average molecular weight is 318 g/mol. The fraction of sp³-hybridized carbons (Fsp3) is 0.0714. The van der Waals surface area contributed by atoms with Crippen LogP contribution in [-0.2, 0) is 6.54 Å². The van der Waals surface area contributed by atoms with Crippen molar-refractivity contribution in [2.75, 3.05) is 5.32 Å². The second-order valence-corrected chi connectivity index (χ2v) is 5.15. The van der Waals surface area contributed by atoms with Gasteiger partial charge in [-0.25, -0.2) is 4.79 Å². The van der Waals surface area contributed by atoms with Crippen LogP contribution in [0.2, 0.25) is 0 Å². The topological polar surface area (TPSA) is 60.7 Å². The summed E-state index contributed by atoms with van der Waals surface area (Å²) in [6, 6.07) is 14.0. The van der Waals surface area contributed by atoms with Gasteiger partial charge in [0.05, 0.1) is 16.7 Å². The maximum atomic E-state index is 11.2. The highest BCUT2D eigenvalue weighted by Crippen LogP contribution is 2.26. The lowest BCUT2D eigenvalue weighted by molar-refractivity contribution is 1.15. The molecule has 0 aliphatic heterocycles. The molecule has 0 amide bonds. The zero-order valence-electron chi connectivity index (χ0n) is 10.0. The van der Waals surface area contributed by atoms with Gasteiger partial charge in [-0.3, -0.25) is 0 Å². The van der Waals surface area contributed by atoms with Crippen molar-refractivity contribution in [3.05, 3.63) is 63.0 Å². The van der Waals surface area contributed by atoms with Gasteiger partial charge in [-0.1, -0.05) is 30.3 Å². The molecule has 5 heteroatoms. The quantitative estimate of drug-likeness (QED) is 0.694. The van der Waals surface area contributed by atoms with Crippen molar-refractivity contribution < 1.29 is 0 Å². The molecule has 19 heavy (non-hydrogen) atoms. The number of hydrogen-bond donors (Lipinski definition) is 3. The molecule has 2 aromatic carbocycles. The third kappa shape index (κ3) is 2.56. The predicted octanol–water partition coefficient (Wildman–Crippen LogP) is 3.23. The van der Waals surface area contributed by atoms with Crippen LogP contribution in [0.5, 0.6) is 0 Å². The Kier molecular flexibility index (Phi) is 3.13. The van der Waals surface area contributed by atoms with Gasteiger partial charge in [-0.05, 0) is 33.6 Å². The Balaban J connectivity index is 1.88. The summed E-state index contributed by atoms with van der Waals surface area (Å²) >= 11 is 3.50. The lowest BCUT2D eigenvalue weighted by Gasteiger charge is -2.08. The standard InChI is InChI=1S/C14H12BrN3O/c15-10-6-12-13(18-14(19)17-12)7-11(10)16-8-9-4-2-1-3-5-9/h1-7,16H,8H2,(H2,17,18,19). The first kappa shape index (κ1) is 12.0. The third-order valence-electron chi connectivity index (χ3n) is 2.93. The highest BCUT2D eigenvalue weighted by molar-refractivity contribution is 9.10. The molecule has 96 valence electrons. The van der Waals surface area contributed by atoms with Crippen LogP contribution >= 0.6 is 15.9 Å². The Labute approximate surface area is 118 Å². The van der Waals surface area contributed by atoms with Crippen LogP contribution in [0.25, 0.3) is 11.0 Å². The molecular weight excluding hydrogens is 306 g/mol. The Bertz CT molecular complexity index is 761. The fourth-order valence-corrected chi connectivity index (χ4v) is 2.47. The number of fused-ring (bicyclic) bond motifs is 1. The van der Waals surface area contributed by atoms with Gasteiger partial charge < -0.3 is 15.3 Å². The van der Waals surface area contributed by atoms with Crippen LogP contribution in [-0.4, -0.2) is 9.97 Å². The summed E-state index contributed by atoms with van der Waals surface area (Å²) in [5.74, 6) is 0. The van der Waals surface area contributed by atoms with E-state index in [1.807, 2.05) is 30.3 Å². The van der Waals surface area contributed by atoms with E-state index < -0.39 is 0 Å². The molecule has 1 aromatic heterocycles. The monoisotopic (exact) mass is 317 g/mol. The number of H-pyrrole nitrogens is 2. The Morgan fingerprint density at radius 2 is 1.74 bits per heavy atom. The Morgan fingerprint density at radius 1 is 1.05 bits per heavy atom. The van der Waals surface area contributed by atoms with Crippen molar-refractivity contribution in [1.29, 1.82) is 0 Å². The molecule has 0 radical (unpaired) electrons. The molecule has 0 aliphatic rings. The number of aromatic amines is 2. The Morgan fingerprint density at radius 3 is 2.47 bits per heavy atom. The summed E-state index contributed by atoms with van der Waals surface area (Å²) in [7, 11) is 0. The van der Waals surface area contributed by atoms with Gasteiger partial charge in [0.25, 0.3) is 0 Å². The first-order valence-corrected chi connectivity index (χ1v) is 6.71. The number of rotatable bonds is 3. The van der Waals surface area contributed by atoms with Gasteiger partial charge in [0.2, 0.25) is 0 Å². The summed E-state index contributed by atoms with van der Waals surface area (Å²) in [5.41, 5.74) is 3.55. The zero-order valence-corrected chi connectivity index (χ0v) is 11.6. The van der Waals surface area contributed by atoms with Crippen molar-refractivity contribution in [2.24, 2.45) is 0 Å². The van der Waals surface area contributed by atoms with Crippen molar-refractivity contribution in [3.8, 4) is 0 Å². The lowest BCUT2D eigenvalue weighted by atomic mass is 10.2. The SMILES string of the molecule is O=c1[nH]c2cc(Br)c(NCc3ccccc3)cc2[nH]1. The second kappa shape index (κ2) is 4.93. The third-order valence-corrected chi connectivity index (χ3v) is 3.59. The molecule has 0 fully saturated rings. The van der Waals surface area contributed by atoms with Crippen LogP contribution in [0.15, 0.2) is 51.7 Å². The van der Waals surface area contributed by atoms with E-state index in [1.54, 1.807) is 0 Å². The van der Waals surface area contributed by atoms with Crippen LogP contribution in [0.3, 0.4) is 0 Å². The normalized spacial score (nSPS) is 10.8. The van der Waals surface area contributed by atoms with E-state index >= 15 is 0 Å². The fourth-order valence-electron chi connectivity index (χ4n) is 1.98. The van der Waals surface area contributed by atoms with Gasteiger partial charge in [0.1, 0.15) is 0 Å². The molecule has 0 atom stereocenters. The van der Waals surface area contributed by atoms with Crippen molar-refractivity contribution >= 4 is 32.7 Å². The molecule has 0 aliphatic carbocycles. The maximum absolute atomic E-state index is 11.2. The van der Waals surface area contributed by atoms with Crippen molar-refractivity contribution in [2.45, 2.75) is 6.54 Å². The molecule has 4 nitrogen and oxygen atoms in total. The molecule has 3 rings (SSSR count). The Hall–Kier alpha value is -2.01. The highest BCUT2D eigenvalue weighted by Gasteiger charge is 2.05. The lowest BCUT2D eigenvalue weighted by Crippen LogP contribution is -2.00. The second-order valence-electron chi connectivity index (χ2n) is 4.30. The molecule has 1 heterocycles. The van der Waals surface area contributed by atoms with Crippen molar-refractivity contribution in [1.82, 2.24) is 9.97 Å². The van der Waals surface area contributed by atoms with E-state index in [-0.39, 0.29) is 5.69 Å². The molecular formula is C14H12BrN3O. The summed E-state index contributed by atoms with van der Waals surface area (Å²) < 4.78 is 0.922. The molecule has 0 spiro atoms. The minimum absolute atomic E-state index is 0.192. The predicted molar refractivity (Wildman–Crippen MR) is 80.4 cm³/mol. The van der Waals surface area contributed by atoms with E-state index in [2.05, 4.69) is 43.3 Å². The first-order valence-electron chi connectivity index (χ1n) is 5.92. The number of hydrogen-bond acceptors (Lipinski definition) is 2. The van der Waals surface area contributed by atoms with Gasteiger partial charge in [-0.15, -0.1) is 0 Å². The molecule has 3 aromatic rings. The molecule has 0 saturated carbocycles. The minimum Gasteiger partial charge on any atom is -0.380 e. The number of anilines is 1. The van der Waals surface area contributed by atoms with E-state index in [9.17, 15) is 4.79 Å². The first-order chi connectivity index (χ1) is 9.22. The number of nitrogens with one attached hydrogen (secondary N) is 3. The van der Waals surface area contributed by atoms with Gasteiger partial charge >= 0.3 is 5.69 Å². The summed E-state index contributed by atoms with van der Waals surface area (Å²) in [6.07, 6.45) is 0. The number of halogens is 1. The van der Waals surface area contributed by atoms with Crippen LogP contribution < -0.4 is 11.0 Å². The van der Waals surface area contributed by atoms with Crippen LogP contribution in [0.4, 0.5) is 5.69 Å². The number of benzene rings is 2. The minimum atomic E-state index is -0.192. The molecule has 0 bridgehead atoms. The van der Waals surface area contributed by atoms with Crippen LogP contribution in [0.1, 0.15) is 5.56 Å². The summed E-state index contributed by atoms with van der Waals surface area (Å²) in [5, 5.41) is 3.35. The van der Waals surface area contributed by atoms with E-state index in [4.69, 9.17) is 0 Å². The largest absolute Gasteiger partial charge is 0.380 e.